The van der Waals surface area contributed by atoms with Crippen molar-refractivity contribution in [1.29, 1.82) is 0 Å². The standard InChI is InChI=1S/C17H17F3N2O3S/c1-3-22(15-6-4-5-13(11-15)17(18,19)20)26(24,25)16-9-7-14(8-10-16)21-12(2)23/h4-11H,3H2,1-2H3,(H,21,23). The van der Waals surface area contributed by atoms with Crippen LogP contribution in [-0.2, 0) is 21.0 Å². The van der Waals surface area contributed by atoms with E-state index >= 15 is 0 Å². The van der Waals surface area contributed by atoms with Crippen molar-refractivity contribution < 1.29 is 26.4 Å². The molecule has 2 aromatic rings. The van der Waals surface area contributed by atoms with E-state index in [1.807, 2.05) is 0 Å². The Balaban J connectivity index is 2.41. The Hall–Kier alpha value is -2.55. The molecular formula is C17H17F3N2O3S. The number of rotatable bonds is 5. The number of alkyl halides is 3. The number of halogens is 3. The average Bonchev–Trinajstić information content (AvgIpc) is 2.55. The highest BCUT2D eigenvalue weighted by atomic mass is 32.2. The lowest BCUT2D eigenvalue weighted by molar-refractivity contribution is -0.137. The molecule has 2 rings (SSSR count). The van der Waals surface area contributed by atoms with Crippen LogP contribution in [0.5, 0.6) is 0 Å². The van der Waals surface area contributed by atoms with Gasteiger partial charge in [-0.15, -0.1) is 0 Å². The summed E-state index contributed by atoms with van der Waals surface area (Å²) >= 11 is 0. The number of carbonyl (C=O) groups excluding carboxylic acids is 1. The van der Waals surface area contributed by atoms with Crippen LogP contribution in [0.3, 0.4) is 0 Å². The van der Waals surface area contributed by atoms with Gasteiger partial charge in [-0.05, 0) is 49.4 Å². The lowest BCUT2D eigenvalue weighted by atomic mass is 10.2. The quantitative estimate of drug-likeness (QED) is 0.848. The van der Waals surface area contributed by atoms with Gasteiger partial charge in [0.05, 0.1) is 16.1 Å². The van der Waals surface area contributed by atoms with Gasteiger partial charge in [0.15, 0.2) is 0 Å². The maximum atomic E-state index is 12.9. The fourth-order valence-electron chi connectivity index (χ4n) is 2.37. The third kappa shape index (κ3) is 4.34. The summed E-state index contributed by atoms with van der Waals surface area (Å²) in [6, 6.07) is 9.55. The monoisotopic (exact) mass is 386 g/mol. The van der Waals surface area contributed by atoms with Crippen molar-refractivity contribution in [3.05, 3.63) is 54.1 Å². The smallest absolute Gasteiger partial charge is 0.326 e. The molecule has 26 heavy (non-hydrogen) atoms. The summed E-state index contributed by atoms with van der Waals surface area (Å²) in [5, 5.41) is 2.51. The van der Waals surface area contributed by atoms with Crippen molar-refractivity contribution >= 4 is 27.3 Å². The van der Waals surface area contributed by atoms with Crippen LogP contribution in [0.4, 0.5) is 24.5 Å². The molecule has 0 unspecified atom stereocenters. The minimum atomic E-state index is -4.57. The fraction of sp³-hybridized carbons (Fsp3) is 0.235. The number of hydrogen-bond acceptors (Lipinski definition) is 3. The zero-order valence-electron chi connectivity index (χ0n) is 14.0. The van der Waals surface area contributed by atoms with E-state index in [1.165, 1.54) is 44.2 Å². The summed E-state index contributed by atoms with van der Waals surface area (Å²) in [5.74, 6) is -0.306. The molecule has 0 aliphatic heterocycles. The number of carbonyl (C=O) groups is 1. The number of hydrogen-bond donors (Lipinski definition) is 1. The molecule has 2 aromatic carbocycles. The summed E-state index contributed by atoms with van der Waals surface area (Å²) in [4.78, 5) is 10.9. The summed E-state index contributed by atoms with van der Waals surface area (Å²) in [7, 11) is -4.06. The van der Waals surface area contributed by atoms with Crippen molar-refractivity contribution in [1.82, 2.24) is 0 Å². The first-order chi connectivity index (χ1) is 12.1. The van der Waals surface area contributed by atoms with Crippen molar-refractivity contribution in [2.45, 2.75) is 24.9 Å². The van der Waals surface area contributed by atoms with E-state index in [4.69, 9.17) is 0 Å². The molecule has 0 atom stereocenters. The Bertz CT molecular complexity index is 894. The van der Waals surface area contributed by atoms with Gasteiger partial charge in [0.25, 0.3) is 10.0 Å². The number of benzene rings is 2. The predicted octanol–water partition coefficient (Wildman–Crippen LogP) is 3.88. The van der Waals surface area contributed by atoms with E-state index in [2.05, 4.69) is 5.32 Å². The fourth-order valence-corrected chi connectivity index (χ4v) is 3.83. The second-order valence-electron chi connectivity index (χ2n) is 5.42. The van der Waals surface area contributed by atoms with Gasteiger partial charge < -0.3 is 5.32 Å². The molecule has 0 fully saturated rings. The van der Waals surface area contributed by atoms with E-state index in [1.54, 1.807) is 0 Å². The normalized spacial score (nSPS) is 11.9. The molecule has 0 radical (unpaired) electrons. The van der Waals surface area contributed by atoms with Crippen LogP contribution in [0, 0.1) is 0 Å². The molecule has 0 aliphatic carbocycles. The summed E-state index contributed by atoms with van der Waals surface area (Å²) in [5.41, 5.74) is -0.587. The molecule has 140 valence electrons. The topological polar surface area (TPSA) is 66.5 Å². The van der Waals surface area contributed by atoms with Crippen LogP contribution in [0.2, 0.25) is 0 Å². The second-order valence-corrected chi connectivity index (χ2v) is 7.29. The highest BCUT2D eigenvalue weighted by Crippen LogP contribution is 2.33. The summed E-state index contributed by atoms with van der Waals surface area (Å²) in [6.07, 6.45) is -4.57. The molecule has 1 amide bonds. The SMILES string of the molecule is CCN(c1cccc(C(F)(F)F)c1)S(=O)(=O)c1ccc(NC(C)=O)cc1. The Morgan fingerprint density at radius 2 is 1.73 bits per heavy atom. The van der Waals surface area contributed by atoms with Gasteiger partial charge in [-0.2, -0.15) is 13.2 Å². The molecule has 0 heterocycles. The Labute approximate surface area is 149 Å². The molecule has 0 saturated heterocycles. The summed E-state index contributed by atoms with van der Waals surface area (Å²) < 4.78 is 65.2. The predicted molar refractivity (Wildman–Crippen MR) is 92.4 cm³/mol. The van der Waals surface area contributed by atoms with Gasteiger partial charge in [0, 0.05) is 19.2 Å². The zero-order chi connectivity index (χ0) is 19.5. The minimum Gasteiger partial charge on any atom is -0.326 e. The number of anilines is 2. The van der Waals surface area contributed by atoms with Gasteiger partial charge in [-0.3, -0.25) is 9.10 Å². The number of sulfonamides is 1. The van der Waals surface area contributed by atoms with Gasteiger partial charge >= 0.3 is 6.18 Å². The first-order valence-corrected chi connectivity index (χ1v) is 9.07. The maximum absolute atomic E-state index is 12.9. The molecule has 5 nitrogen and oxygen atoms in total. The molecule has 0 aromatic heterocycles. The van der Waals surface area contributed by atoms with Crippen LogP contribution in [0.1, 0.15) is 19.4 Å². The van der Waals surface area contributed by atoms with E-state index in [0.717, 1.165) is 22.5 Å². The van der Waals surface area contributed by atoms with E-state index < -0.39 is 21.8 Å². The third-order valence-electron chi connectivity index (χ3n) is 3.51. The lowest BCUT2D eigenvalue weighted by Crippen LogP contribution is -2.31. The lowest BCUT2D eigenvalue weighted by Gasteiger charge is -2.24. The van der Waals surface area contributed by atoms with E-state index in [9.17, 15) is 26.4 Å². The molecule has 0 aliphatic rings. The van der Waals surface area contributed by atoms with Crippen molar-refractivity contribution in [2.75, 3.05) is 16.2 Å². The number of nitrogens with one attached hydrogen (secondary N) is 1. The number of amides is 1. The van der Waals surface area contributed by atoms with Gasteiger partial charge in [-0.1, -0.05) is 6.07 Å². The van der Waals surface area contributed by atoms with Crippen LogP contribution >= 0.6 is 0 Å². The number of nitrogens with zero attached hydrogens (tertiary/aromatic N) is 1. The largest absolute Gasteiger partial charge is 0.416 e. The van der Waals surface area contributed by atoms with Gasteiger partial charge in [0.2, 0.25) is 5.91 Å². The Morgan fingerprint density at radius 3 is 2.23 bits per heavy atom. The van der Waals surface area contributed by atoms with Crippen molar-refractivity contribution in [3.63, 3.8) is 0 Å². The van der Waals surface area contributed by atoms with Crippen molar-refractivity contribution in [2.24, 2.45) is 0 Å². The molecular weight excluding hydrogens is 369 g/mol. The first-order valence-electron chi connectivity index (χ1n) is 7.63. The van der Waals surface area contributed by atoms with E-state index in [-0.39, 0.29) is 23.0 Å². The molecule has 0 saturated carbocycles. The first kappa shape index (κ1) is 19.8. The van der Waals surface area contributed by atoms with Crippen LogP contribution in [0.15, 0.2) is 53.4 Å². The van der Waals surface area contributed by atoms with Gasteiger partial charge in [-0.25, -0.2) is 8.42 Å². The van der Waals surface area contributed by atoms with E-state index in [0.29, 0.717) is 5.69 Å². The molecule has 1 N–H and O–H groups in total. The zero-order valence-corrected chi connectivity index (χ0v) is 14.9. The minimum absolute atomic E-state index is 0.0446. The van der Waals surface area contributed by atoms with Crippen molar-refractivity contribution in [3.8, 4) is 0 Å². The third-order valence-corrected chi connectivity index (χ3v) is 5.43. The Kier molecular flexibility index (Phi) is 5.60. The molecule has 0 spiro atoms. The van der Waals surface area contributed by atoms with Crippen LogP contribution in [0.25, 0.3) is 0 Å². The highest BCUT2D eigenvalue weighted by molar-refractivity contribution is 7.92. The molecule has 9 heteroatoms. The Morgan fingerprint density at radius 1 is 1.12 bits per heavy atom. The van der Waals surface area contributed by atoms with Gasteiger partial charge in [0.1, 0.15) is 0 Å². The average molecular weight is 386 g/mol. The molecule has 0 bridgehead atoms. The summed E-state index contributed by atoms with van der Waals surface area (Å²) in [6.45, 7) is 2.80. The van der Waals surface area contributed by atoms with Crippen LogP contribution in [-0.4, -0.2) is 20.9 Å². The highest BCUT2D eigenvalue weighted by Gasteiger charge is 2.32. The second kappa shape index (κ2) is 7.36. The van der Waals surface area contributed by atoms with Crippen LogP contribution < -0.4 is 9.62 Å². The maximum Gasteiger partial charge on any atom is 0.416 e.